The molecule has 1 saturated heterocycles. The number of ether oxygens (including phenoxy) is 2. The maximum absolute atomic E-state index is 11.9. The van der Waals surface area contributed by atoms with Crippen LogP contribution in [0.2, 0.25) is 5.02 Å². The molecule has 0 bridgehead atoms. The number of nitrogens with one attached hydrogen (secondary N) is 2. The first-order valence-electron chi connectivity index (χ1n) is 7.10. The average Bonchev–Trinajstić information content (AvgIpc) is 2.50. The summed E-state index contributed by atoms with van der Waals surface area (Å²) < 4.78 is 10.7. The third-order valence-electron chi connectivity index (χ3n) is 3.54. The fourth-order valence-electron chi connectivity index (χ4n) is 2.32. The van der Waals surface area contributed by atoms with E-state index in [1.54, 1.807) is 7.11 Å². The molecule has 0 spiro atoms. The van der Waals surface area contributed by atoms with Crippen LogP contribution in [0.1, 0.15) is 24.5 Å². The van der Waals surface area contributed by atoms with Crippen molar-refractivity contribution in [2.24, 2.45) is 0 Å². The zero-order valence-electron chi connectivity index (χ0n) is 12.1. The highest BCUT2D eigenvalue weighted by molar-refractivity contribution is 6.31. The van der Waals surface area contributed by atoms with Crippen molar-refractivity contribution in [3.05, 3.63) is 34.9 Å². The summed E-state index contributed by atoms with van der Waals surface area (Å²) in [5.74, 6) is 0. The highest BCUT2D eigenvalue weighted by Gasteiger charge is 2.18. The van der Waals surface area contributed by atoms with Gasteiger partial charge in [-0.25, -0.2) is 4.79 Å². The Kier molecular flexibility index (Phi) is 6.29. The summed E-state index contributed by atoms with van der Waals surface area (Å²) in [6, 6.07) is 7.47. The van der Waals surface area contributed by atoms with Gasteiger partial charge in [0, 0.05) is 43.5 Å². The van der Waals surface area contributed by atoms with Crippen molar-refractivity contribution >= 4 is 17.6 Å². The zero-order chi connectivity index (χ0) is 15.1. The summed E-state index contributed by atoms with van der Waals surface area (Å²) in [4.78, 5) is 11.9. The molecular formula is C15H21ClN2O3. The molecule has 6 heteroatoms. The smallest absolute Gasteiger partial charge is 0.315 e. The monoisotopic (exact) mass is 312 g/mol. The summed E-state index contributed by atoms with van der Waals surface area (Å²) in [5.41, 5.74) is 0.869. The number of carbonyl (C=O) groups excluding carboxylic acids is 1. The van der Waals surface area contributed by atoms with E-state index in [0.717, 1.165) is 18.4 Å². The van der Waals surface area contributed by atoms with Gasteiger partial charge in [-0.1, -0.05) is 29.8 Å². The summed E-state index contributed by atoms with van der Waals surface area (Å²) in [6.07, 6.45) is 1.44. The van der Waals surface area contributed by atoms with Gasteiger partial charge >= 0.3 is 6.03 Å². The van der Waals surface area contributed by atoms with Crippen LogP contribution in [0.4, 0.5) is 4.79 Å². The molecule has 1 aromatic rings. The largest absolute Gasteiger partial charge is 0.381 e. The van der Waals surface area contributed by atoms with Crippen molar-refractivity contribution in [1.82, 2.24) is 10.6 Å². The first kappa shape index (κ1) is 16.1. The average molecular weight is 313 g/mol. The lowest BCUT2D eigenvalue weighted by Gasteiger charge is -2.24. The summed E-state index contributed by atoms with van der Waals surface area (Å²) in [7, 11) is 1.60. The van der Waals surface area contributed by atoms with Gasteiger partial charge in [0.1, 0.15) is 6.10 Å². The number of carbonyl (C=O) groups is 1. The lowest BCUT2D eigenvalue weighted by Crippen LogP contribution is -2.45. The molecule has 1 atom stereocenters. The number of benzene rings is 1. The topological polar surface area (TPSA) is 59.6 Å². The van der Waals surface area contributed by atoms with Crippen molar-refractivity contribution in [3.63, 3.8) is 0 Å². The molecule has 1 aromatic carbocycles. The first-order valence-corrected chi connectivity index (χ1v) is 7.48. The van der Waals surface area contributed by atoms with E-state index in [1.165, 1.54) is 0 Å². The van der Waals surface area contributed by atoms with Crippen LogP contribution in [-0.4, -0.2) is 38.9 Å². The maximum atomic E-state index is 11.9. The Balaban J connectivity index is 1.82. The fourth-order valence-corrected chi connectivity index (χ4v) is 2.58. The molecule has 1 aliphatic heterocycles. The van der Waals surface area contributed by atoms with Gasteiger partial charge in [-0.2, -0.15) is 0 Å². The predicted octanol–water partition coefficient (Wildman–Crippen LogP) is 2.51. The molecule has 2 N–H and O–H groups in total. The molecule has 0 saturated carbocycles. The number of urea groups is 1. The SMILES string of the molecule is CO[C@@H](CNC(=O)NC1CCOCC1)c1ccccc1Cl. The van der Waals surface area contributed by atoms with Gasteiger partial charge in [0.05, 0.1) is 0 Å². The van der Waals surface area contributed by atoms with Crippen LogP contribution in [0, 0.1) is 0 Å². The number of amides is 2. The van der Waals surface area contributed by atoms with Gasteiger partial charge in [-0.15, -0.1) is 0 Å². The van der Waals surface area contributed by atoms with Gasteiger partial charge < -0.3 is 20.1 Å². The summed E-state index contributed by atoms with van der Waals surface area (Å²) in [6.45, 7) is 1.77. The lowest BCUT2D eigenvalue weighted by molar-refractivity contribution is 0.0791. The first-order chi connectivity index (χ1) is 10.2. The highest BCUT2D eigenvalue weighted by Crippen LogP contribution is 2.24. The second-order valence-corrected chi connectivity index (χ2v) is 5.39. The molecule has 1 aliphatic rings. The van der Waals surface area contributed by atoms with Gasteiger partial charge in [-0.3, -0.25) is 0 Å². The van der Waals surface area contributed by atoms with Gasteiger partial charge in [0.15, 0.2) is 0 Å². The number of methoxy groups -OCH3 is 1. The Morgan fingerprint density at radius 3 is 2.81 bits per heavy atom. The van der Waals surface area contributed by atoms with Crippen molar-refractivity contribution < 1.29 is 14.3 Å². The van der Waals surface area contributed by atoms with E-state index in [9.17, 15) is 4.79 Å². The van der Waals surface area contributed by atoms with Crippen LogP contribution < -0.4 is 10.6 Å². The number of hydrogen-bond donors (Lipinski definition) is 2. The minimum atomic E-state index is -0.265. The minimum absolute atomic E-state index is 0.181. The van der Waals surface area contributed by atoms with Crippen molar-refractivity contribution in [2.75, 3.05) is 26.9 Å². The van der Waals surface area contributed by atoms with E-state index in [-0.39, 0.29) is 18.2 Å². The molecule has 21 heavy (non-hydrogen) atoms. The van der Waals surface area contributed by atoms with Crippen LogP contribution in [0.15, 0.2) is 24.3 Å². The lowest BCUT2D eigenvalue weighted by atomic mass is 10.1. The number of rotatable bonds is 5. The summed E-state index contributed by atoms with van der Waals surface area (Å²) in [5, 5.41) is 6.41. The van der Waals surface area contributed by atoms with Crippen molar-refractivity contribution in [3.8, 4) is 0 Å². The van der Waals surface area contributed by atoms with Crippen molar-refractivity contribution in [2.45, 2.75) is 25.0 Å². The minimum Gasteiger partial charge on any atom is -0.381 e. The van der Waals surface area contributed by atoms with E-state index >= 15 is 0 Å². The van der Waals surface area contributed by atoms with Crippen molar-refractivity contribution in [1.29, 1.82) is 0 Å². The maximum Gasteiger partial charge on any atom is 0.315 e. The molecule has 0 radical (unpaired) electrons. The molecule has 116 valence electrons. The van der Waals surface area contributed by atoms with Gasteiger partial charge in [0.2, 0.25) is 0 Å². The summed E-state index contributed by atoms with van der Waals surface area (Å²) >= 11 is 6.15. The van der Waals surface area contributed by atoms with E-state index in [1.807, 2.05) is 24.3 Å². The van der Waals surface area contributed by atoms with Crippen LogP contribution in [0.5, 0.6) is 0 Å². The van der Waals surface area contributed by atoms with E-state index in [0.29, 0.717) is 24.8 Å². The van der Waals surface area contributed by atoms with Gasteiger partial charge in [-0.05, 0) is 18.9 Å². The number of halogens is 1. The standard InChI is InChI=1S/C15H21ClN2O3/c1-20-14(12-4-2-3-5-13(12)16)10-17-15(19)18-11-6-8-21-9-7-11/h2-5,11,14H,6-10H2,1H3,(H2,17,18,19)/t14-/m0/s1. The van der Waals surface area contributed by atoms with E-state index in [2.05, 4.69) is 10.6 Å². The van der Waals surface area contributed by atoms with Crippen LogP contribution in [0.25, 0.3) is 0 Å². The quantitative estimate of drug-likeness (QED) is 0.878. The molecule has 1 heterocycles. The van der Waals surface area contributed by atoms with Gasteiger partial charge in [0.25, 0.3) is 0 Å². The molecule has 2 rings (SSSR count). The molecule has 0 unspecified atom stereocenters. The highest BCUT2D eigenvalue weighted by atomic mass is 35.5. The Morgan fingerprint density at radius 1 is 1.43 bits per heavy atom. The predicted molar refractivity (Wildman–Crippen MR) is 81.6 cm³/mol. The molecule has 0 aliphatic carbocycles. The normalized spacial score (nSPS) is 17.2. The van der Waals surface area contributed by atoms with Crippen LogP contribution in [0.3, 0.4) is 0 Å². The van der Waals surface area contributed by atoms with E-state index in [4.69, 9.17) is 21.1 Å². The molecule has 1 fully saturated rings. The third kappa shape index (κ3) is 4.88. The Morgan fingerprint density at radius 2 is 2.14 bits per heavy atom. The molecule has 0 aromatic heterocycles. The molecule has 2 amide bonds. The second kappa shape index (κ2) is 8.22. The Bertz CT molecular complexity index is 464. The molecular weight excluding hydrogens is 292 g/mol. The zero-order valence-corrected chi connectivity index (χ0v) is 12.9. The Hall–Kier alpha value is -1.30. The van der Waals surface area contributed by atoms with E-state index < -0.39 is 0 Å². The van der Waals surface area contributed by atoms with Crippen LogP contribution in [-0.2, 0) is 9.47 Å². The molecule has 5 nitrogen and oxygen atoms in total. The fraction of sp³-hybridized carbons (Fsp3) is 0.533. The number of hydrogen-bond acceptors (Lipinski definition) is 3. The Labute approximate surface area is 130 Å². The third-order valence-corrected chi connectivity index (χ3v) is 3.89. The van der Waals surface area contributed by atoms with Crippen LogP contribution >= 0.6 is 11.6 Å². The second-order valence-electron chi connectivity index (χ2n) is 4.99.